The minimum absolute atomic E-state index is 0.264. The summed E-state index contributed by atoms with van der Waals surface area (Å²) >= 11 is 0. The number of H-pyrrole nitrogens is 1. The van der Waals surface area contributed by atoms with Crippen molar-refractivity contribution < 1.29 is 14.6 Å². The minimum atomic E-state index is -1.55. The van der Waals surface area contributed by atoms with Gasteiger partial charge in [-0.1, -0.05) is 0 Å². The van der Waals surface area contributed by atoms with Gasteiger partial charge in [0.15, 0.2) is 6.29 Å². The van der Waals surface area contributed by atoms with Crippen LogP contribution in [0.2, 0.25) is 0 Å². The number of halogens is 1. The van der Waals surface area contributed by atoms with Gasteiger partial charge in [-0.3, -0.25) is 0 Å². The number of aromatic nitrogens is 1. The second-order valence-corrected chi connectivity index (χ2v) is 2.83. The lowest BCUT2D eigenvalue weighted by Gasteiger charge is -1.96. The first kappa shape index (κ1) is 8.22. The molecular formula is C9H8FNO2. The smallest absolute Gasteiger partial charge is 0.193 e. The molecule has 0 radical (unpaired) electrons. The highest BCUT2D eigenvalue weighted by Gasteiger charge is 2.06. The van der Waals surface area contributed by atoms with Gasteiger partial charge in [-0.2, -0.15) is 0 Å². The number of hydrogen-bond acceptors (Lipinski definition) is 2. The summed E-state index contributed by atoms with van der Waals surface area (Å²) < 4.78 is 12.7. The molecule has 0 aliphatic rings. The summed E-state index contributed by atoms with van der Waals surface area (Å²) in [4.78, 5) is 2.76. The Labute approximate surface area is 73.4 Å². The first-order chi connectivity index (χ1) is 6.16. The van der Waals surface area contributed by atoms with Crippen LogP contribution in [0.3, 0.4) is 0 Å². The van der Waals surface area contributed by atoms with Gasteiger partial charge in [0.25, 0.3) is 0 Å². The quantitative estimate of drug-likeness (QED) is 0.580. The lowest BCUT2D eigenvalue weighted by atomic mass is 10.2. The molecule has 0 atom stereocenters. The molecule has 2 aromatic rings. The van der Waals surface area contributed by atoms with E-state index in [1.54, 1.807) is 6.07 Å². The van der Waals surface area contributed by atoms with E-state index in [0.717, 1.165) is 0 Å². The molecule has 0 fully saturated rings. The summed E-state index contributed by atoms with van der Waals surface area (Å²) in [5.41, 5.74) is 0.949. The predicted octanol–water partition coefficient (Wildman–Crippen LogP) is 1.29. The lowest BCUT2D eigenvalue weighted by Crippen LogP contribution is -1.93. The number of aromatic amines is 1. The number of fused-ring (bicyclic) bond motifs is 1. The Kier molecular flexibility index (Phi) is 1.79. The molecule has 0 saturated carbocycles. The van der Waals surface area contributed by atoms with Gasteiger partial charge in [-0.05, 0) is 24.3 Å². The van der Waals surface area contributed by atoms with Crippen molar-refractivity contribution in [1.82, 2.24) is 4.98 Å². The lowest BCUT2D eigenvalue weighted by molar-refractivity contribution is -0.0453. The Bertz CT molecular complexity index is 436. The van der Waals surface area contributed by atoms with Crippen molar-refractivity contribution in [2.75, 3.05) is 0 Å². The van der Waals surface area contributed by atoms with E-state index in [9.17, 15) is 4.39 Å². The molecular weight excluding hydrogens is 173 g/mol. The molecule has 1 aromatic carbocycles. The zero-order valence-electron chi connectivity index (χ0n) is 6.66. The summed E-state index contributed by atoms with van der Waals surface area (Å²) in [5.74, 6) is -0.342. The molecule has 2 rings (SSSR count). The van der Waals surface area contributed by atoms with E-state index < -0.39 is 6.29 Å². The molecule has 0 aliphatic heterocycles. The summed E-state index contributed by atoms with van der Waals surface area (Å²) in [6, 6.07) is 5.70. The van der Waals surface area contributed by atoms with Crippen molar-refractivity contribution in [1.29, 1.82) is 0 Å². The number of aliphatic hydroxyl groups excluding tert-OH is 1. The third-order valence-corrected chi connectivity index (χ3v) is 1.88. The average Bonchev–Trinajstić information content (AvgIpc) is 2.46. The Morgan fingerprint density at radius 3 is 2.69 bits per heavy atom. The fourth-order valence-electron chi connectivity index (χ4n) is 1.27. The first-order valence-electron chi connectivity index (χ1n) is 3.81. The third-order valence-electron chi connectivity index (χ3n) is 1.88. The highest BCUT2D eigenvalue weighted by atomic mass is 19.1. The van der Waals surface area contributed by atoms with E-state index in [2.05, 4.69) is 4.98 Å². The maximum atomic E-state index is 12.7. The maximum absolute atomic E-state index is 12.7. The fraction of sp³-hybridized carbons (Fsp3) is 0.111. The SMILES string of the molecule is OC(O)c1cc2cc(F)ccc2[nH]1. The number of benzene rings is 1. The van der Waals surface area contributed by atoms with Gasteiger partial charge in [-0.15, -0.1) is 0 Å². The van der Waals surface area contributed by atoms with Crippen LogP contribution in [0.4, 0.5) is 4.39 Å². The van der Waals surface area contributed by atoms with Gasteiger partial charge in [0.1, 0.15) is 5.82 Å². The fourth-order valence-corrected chi connectivity index (χ4v) is 1.27. The summed E-state index contributed by atoms with van der Waals surface area (Å²) in [6.07, 6.45) is -1.55. The molecule has 4 heteroatoms. The van der Waals surface area contributed by atoms with Crippen LogP contribution >= 0.6 is 0 Å². The van der Waals surface area contributed by atoms with E-state index in [1.807, 2.05) is 0 Å². The Morgan fingerprint density at radius 1 is 1.23 bits per heavy atom. The predicted molar refractivity (Wildman–Crippen MR) is 45.4 cm³/mol. The minimum Gasteiger partial charge on any atom is -0.363 e. The normalized spacial score (nSPS) is 11.4. The van der Waals surface area contributed by atoms with Crippen molar-refractivity contribution in [2.45, 2.75) is 6.29 Å². The van der Waals surface area contributed by atoms with Crippen LogP contribution in [0.5, 0.6) is 0 Å². The molecule has 1 heterocycles. The van der Waals surface area contributed by atoms with Crippen LogP contribution in [0.1, 0.15) is 12.0 Å². The second kappa shape index (κ2) is 2.83. The number of aliphatic hydroxyl groups is 2. The Balaban J connectivity index is 2.62. The highest BCUT2D eigenvalue weighted by Crippen LogP contribution is 2.19. The third kappa shape index (κ3) is 1.41. The Morgan fingerprint density at radius 2 is 2.00 bits per heavy atom. The van der Waals surface area contributed by atoms with Crippen molar-refractivity contribution in [3.63, 3.8) is 0 Å². The molecule has 3 N–H and O–H groups in total. The summed E-state index contributed by atoms with van der Waals surface area (Å²) in [6.45, 7) is 0. The largest absolute Gasteiger partial charge is 0.363 e. The van der Waals surface area contributed by atoms with Crippen LogP contribution in [0.15, 0.2) is 24.3 Å². The molecule has 1 aromatic heterocycles. The Hall–Kier alpha value is -1.39. The first-order valence-corrected chi connectivity index (χ1v) is 3.81. The van der Waals surface area contributed by atoms with Crippen LogP contribution in [0, 0.1) is 5.82 Å². The molecule has 0 aliphatic carbocycles. The van der Waals surface area contributed by atoms with Gasteiger partial charge >= 0.3 is 0 Å². The van der Waals surface area contributed by atoms with E-state index in [0.29, 0.717) is 10.9 Å². The zero-order chi connectivity index (χ0) is 9.42. The monoisotopic (exact) mass is 181 g/mol. The van der Waals surface area contributed by atoms with E-state index in [4.69, 9.17) is 10.2 Å². The zero-order valence-corrected chi connectivity index (χ0v) is 6.66. The summed E-state index contributed by atoms with van der Waals surface area (Å²) in [7, 11) is 0. The molecule has 0 bridgehead atoms. The van der Waals surface area contributed by atoms with Crippen LogP contribution in [-0.2, 0) is 0 Å². The second-order valence-electron chi connectivity index (χ2n) is 2.83. The van der Waals surface area contributed by atoms with Crippen molar-refractivity contribution in [2.24, 2.45) is 0 Å². The van der Waals surface area contributed by atoms with Crippen LogP contribution in [-0.4, -0.2) is 15.2 Å². The van der Waals surface area contributed by atoms with E-state index >= 15 is 0 Å². The highest BCUT2D eigenvalue weighted by molar-refractivity contribution is 5.80. The van der Waals surface area contributed by atoms with Gasteiger partial charge in [0, 0.05) is 10.9 Å². The van der Waals surface area contributed by atoms with E-state index in [-0.39, 0.29) is 11.5 Å². The molecule has 3 nitrogen and oxygen atoms in total. The standard InChI is InChI=1S/C9H8FNO2/c10-6-1-2-7-5(3-6)4-8(11-7)9(12)13/h1-4,9,11-13H. The van der Waals surface area contributed by atoms with Gasteiger partial charge in [-0.25, -0.2) is 4.39 Å². The topological polar surface area (TPSA) is 56.2 Å². The van der Waals surface area contributed by atoms with E-state index in [1.165, 1.54) is 18.2 Å². The molecule has 68 valence electrons. The van der Waals surface area contributed by atoms with Crippen LogP contribution < -0.4 is 0 Å². The maximum Gasteiger partial charge on any atom is 0.193 e. The van der Waals surface area contributed by atoms with Crippen molar-refractivity contribution in [3.8, 4) is 0 Å². The van der Waals surface area contributed by atoms with Crippen molar-refractivity contribution in [3.05, 3.63) is 35.8 Å². The molecule has 0 amide bonds. The number of rotatable bonds is 1. The van der Waals surface area contributed by atoms with Gasteiger partial charge < -0.3 is 15.2 Å². The van der Waals surface area contributed by atoms with Gasteiger partial charge in [0.05, 0.1) is 5.69 Å². The molecule has 0 saturated heterocycles. The van der Waals surface area contributed by atoms with Gasteiger partial charge in [0.2, 0.25) is 0 Å². The molecule has 13 heavy (non-hydrogen) atoms. The van der Waals surface area contributed by atoms with Crippen molar-refractivity contribution >= 4 is 10.9 Å². The van der Waals surface area contributed by atoms with Crippen LogP contribution in [0.25, 0.3) is 10.9 Å². The molecule has 0 unspecified atom stereocenters. The molecule has 0 spiro atoms. The average molecular weight is 181 g/mol. The number of nitrogens with one attached hydrogen (secondary N) is 1. The summed E-state index contributed by atoms with van der Waals surface area (Å²) in [5, 5.41) is 18.3. The number of hydrogen-bond donors (Lipinski definition) is 3.